The average Bonchev–Trinajstić information content (AvgIpc) is 2.96. The van der Waals surface area contributed by atoms with Crippen LogP contribution in [0.5, 0.6) is 0 Å². The molecule has 0 aliphatic carbocycles. The molecule has 26 heavy (non-hydrogen) atoms. The standard InChI is InChI=1S/C11H4F9N2S.2ClH.Ti/c12-6-8(14)11(23(16,17,18,19)20)9(15)7(13)10(6)22-4-5-2-1-3-21-5;;;/h1-4H;2*1H;/q-1;;;+2/p-2. The first-order valence-electron chi connectivity index (χ1n) is 5.82. The minimum absolute atomic E-state index is 0.0404. The molecular formula is C11H4Cl2F9N2STi-. The molecule has 0 N–H and O–H groups in total. The van der Waals surface area contributed by atoms with Gasteiger partial charge in [-0.25, -0.2) is 17.6 Å². The van der Waals surface area contributed by atoms with Crippen molar-refractivity contribution in [3.8, 4) is 0 Å². The van der Waals surface area contributed by atoms with Crippen LogP contribution in [0.25, 0.3) is 0 Å². The van der Waals surface area contributed by atoms with Gasteiger partial charge in [0, 0.05) is 6.21 Å². The fourth-order valence-corrected chi connectivity index (χ4v) is 2.43. The molecule has 1 aromatic heterocycles. The summed E-state index contributed by atoms with van der Waals surface area (Å²) in [4.78, 5) is 2.58. The van der Waals surface area contributed by atoms with Crippen molar-refractivity contribution in [2.24, 2.45) is 4.99 Å². The molecule has 0 saturated heterocycles. The van der Waals surface area contributed by atoms with Crippen molar-refractivity contribution in [3.63, 3.8) is 0 Å². The Morgan fingerprint density at radius 3 is 1.73 bits per heavy atom. The van der Waals surface area contributed by atoms with E-state index in [0.29, 0.717) is 6.21 Å². The Morgan fingerprint density at radius 2 is 1.38 bits per heavy atom. The molecule has 15 heteroatoms. The van der Waals surface area contributed by atoms with Crippen LogP contribution in [0.15, 0.2) is 28.2 Å². The zero-order valence-corrected chi connectivity index (χ0v) is 15.7. The van der Waals surface area contributed by atoms with Crippen molar-refractivity contribution in [3.05, 3.63) is 47.3 Å². The van der Waals surface area contributed by atoms with Gasteiger partial charge in [-0.15, -0.1) is 5.69 Å². The van der Waals surface area contributed by atoms with Crippen molar-refractivity contribution < 1.29 is 54.0 Å². The van der Waals surface area contributed by atoms with Crippen LogP contribution in [0, 0.1) is 23.3 Å². The second kappa shape index (κ2) is 7.30. The fourth-order valence-electron chi connectivity index (χ4n) is 1.57. The van der Waals surface area contributed by atoms with Crippen LogP contribution in [0.4, 0.5) is 42.7 Å². The zero-order chi connectivity index (χ0) is 20.4. The van der Waals surface area contributed by atoms with Crippen LogP contribution in [0.2, 0.25) is 0 Å². The number of aromatic nitrogens is 1. The van der Waals surface area contributed by atoms with Crippen molar-refractivity contribution in [1.29, 1.82) is 0 Å². The molecule has 2 rings (SSSR count). The number of aliphatic imine (C=N–C) groups is 1. The maximum atomic E-state index is 13.5. The molecule has 0 radical (unpaired) electrons. The number of benzene rings is 1. The average molecular weight is 486 g/mol. The molecule has 0 atom stereocenters. The molecule has 2 nitrogen and oxygen atoms in total. The van der Waals surface area contributed by atoms with E-state index in [4.69, 9.17) is 18.6 Å². The normalized spacial score (nSPS) is 14.4. The Hall–Kier alpha value is -0.816. The summed E-state index contributed by atoms with van der Waals surface area (Å²) in [5.74, 6) is -11.9. The molecule has 1 heterocycles. The van der Waals surface area contributed by atoms with Gasteiger partial charge in [0.25, 0.3) is 0 Å². The summed E-state index contributed by atoms with van der Waals surface area (Å²) in [6, 6.07) is 2.60. The molecule has 146 valence electrons. The first-order chi connectivity index (χ1) is 11.6. The number of hydrogen-bond acceptors (Lipinski definition) is 1. The number of hydrogen-bond donors (Lipinski definition) is 0. The summed E-state index contributed by atoms with van der Waals surface area (Å²) in [5, 5.41) is 0. The zero-order valence-electron chi connectivity index (χ0n) is 11.8. The third kappa shape index (κ3) is 5.59. The summed E-state index contributed by atoms with van der Waals surface area (Å²) in [6.45, 7) is 0. The van der Waals surface area contributed by atoms with Gasteiger partial charge >= 0.3 is 45.9 Å². The Morgan fingerprint density at radius 1 is 0.923 bits per heavy atom. The van der Waals surface area contributed by atoms with Gasteiger partial charge in [0.1, 0.15) is 5.69 Å². The van der Waals surface area contributed by atoms with E-state index in [1.165, 1.54) is 18.3 Å². The fraction of sp³-hybridized carbons (Fsp3) is 0. The van der Waals surface area contributed by atoms with Crippen molar-refractivity contribution >= 4 is 40.7 Å². The summed E-state index contributed by atoms with van der Waals surface area (Å²) in [5.41, 5.74) is -1.87. The van der Waals surface area contributed by atoms with Crippen molar-refractivity contribution in [1.82, 2.24) is 4.98 Å². The van der Waals surface area contributed by atoms with Gasteiger partial charge in [-0.2, -0.15) is 6.20 Å². The van der Waals surface area contributed by atoms with Gasteiger partial charge in [0.2, 0.25) is 0 Å². The summed E-state index contributed by atoms with van der Waals surface area (Å²) < 4.78 is 116. The number of halogens is 11. The van der Waals surface area contributed by atoms with Gasteiger partial charge in [0.15, 0.2) is 28.2 Å². The molecule has 0 bridgehead atoms. The van der Waals surface area contributed by atoms with E-state index in [1.807, 2.05) is 0 Å². The van der Waals surface area contributed by atoms with E-state index >= 15 is 0 Å². The molecule has 0 aliphatic rings. The Kier molecular flexibility index (Phi) is 6.53. The van der Waals surface area contributed by atoms with E-state index in [0.717, 1.165) is 0 Å². The van der Waals surface area contributed by atoms with Crippen LogP contribution in [0.1, 0.15) is 5.69 Å². The van der Waals surface area contributed by atoms with E-state index < -0.39 is 61.1 Å². The minimum atomic E-state index is -11.0. The van der Waals surface area contributed by atoms with Crippen LogP contribution in [0.3, 0.4) is 0 Å². The molecule has 0 saturated carbocycles. The molecule has 0 spiro atoms. The van der Waals surface area contributed by atoms with E-state index in [1.54, 1.807) is 0 Å². The Labute approximate surface area is 156 Å². The molecule has 2 aromatic rings. The summed E-state index contributed by atoms with van der Waals surface area (Å²) >= 11 is -0.556. The molecule has 0 amide bonds. The summed E-state index contributed by atoms with van der Waals surface area (Å²) in [7, 11) is -1.22. The topological polar surface area (TPSA) is 26.5 Å². The Balaban J connectivity index is 0.00000105. The van der Waals surface area contributed by atoms with Crippen molar-refractivity contribution in [2.45, 2.75) is 4.90 Å². The molecule has 0 unspecified atom stereocenters. The third-order valence-corrected chi connectivity index (χ3v) is 3.62. The van der Waals surface area contributed by atoms with Crippen LogP contribution < -0.4 is 4.98 Å². The van der Waals surface area contributed by atoms with E-state index in [9.17, 15) is 37.0 Å². The number of nitrogens with zero attached hydrogens (tertiary/aromatic N) is 2. The quantitative estimate of drug-likeness (QED) is 0.199. The maximum absolute atomic E-state index is 13.5. The predicted octanol–water partition coefficient (Wildman–Crippen LogP) is 6.98. The summed E-state index contributed by atoms with van der Waals surface area (Å²) in [6.07, 6.45) is 1.80. The first kappa shape index (κ1) is 23.2. The molecule has 1 aromatic carbocycles. The first-order valence-corrected chi connectivity index (χ1v) is 12.1. The predicted molar refractivity (Wildman–Crippen MR) is 76.4 cm³/mol. The van der Waals surface area contributed by atoms with Crippen LogP contribution in [-0.4, -0.2) is 6.21 Å². The van der Waals surface area contributed by atoms with Gasteiger partial charge in [-0.1, -0.05) is 31.6 Å². The van der Waals surface area contributed by atoms with Gasteiger partial charge in [-0.05, 0) is 0 Å². The van der Waals surface area contributed by atoms with Gasteiger partial charge in [-0.3, -0.25) is 4.99 Å². The SMILES string of the molecule is Fc1c(F)c(S(F)(F)(F)(F)F)c(F)c(F)c1N=Cc1ccc[n-]1.[Cl][Ti][Cl]. The third-order valence-electron chi connectivity index (χ3n) is 2.49. The van der Waals surface area contributed by atoms with Crippen LogP contribution >= 0.6 is 28.8 Å². The monoisotopic (exact) mass is 485 g/mol. The Bertz CT molecular complexity index is 796. The van der Waals surface area contributed by atoms with Crippen LogP contribution in [-0.2, 0) is 17.0 Å². The van der Waals surface area contributed by atoms with Gasteiger partial charge in [0.05, 0.1) is 0 Å². The van der Waals surface area contributed by atoms with Gasteiger partial charge < -0.3 is 4.98 Å². The number of rotatable bonds is 3. The molecule has 0 fully saturated rings. The molecular weight excluding hydrogens is 482 g/mol. The second-order valence-corrected chi connectivity index (χ2v) is 9.22. The van der Waals surface area contributed by atoms with Crippen molar-refractivity contribution in [2.75, 3.05) is 0 Å². The van der Waals surface area contributed by atoms with E-state index in [-0.39, 0.29) is 5.69 Å². The van der Waals surface area contributed by atoms with E-state index in [2.05, 4.69) is 9.98 Å². The molecule has 0 aliphatic heterocycles. The second-order valence-electron chi connectivity index (χ2n) is 4.29.